The molecular formula is C11H21ClN2O3S. The molecule has 1 aliphatic rings. The van der Waals surface area contributed by atoms with Crippen molar-refractivity contribution in [3.8, 4) is 0 Å². The van der Waals surface area contributed by atoms with Gasteiger partial charge in [0.2, 0.25) is 15.9 Å². The molecule has 1 heterocycles. The van der Waals surface area contributed by atoms with Crippen LogP contribution in [0, 0.1) is 0 Å². The Morgan fingerprint density at radius 2 is 1.94 bits per heavy atom. The van der Waals surface area contributed by atoms with Gasteiger partial charge in [0.1, 0.15) is 0 Å². The monoisotopic (exact) mass is 296 g/mol. The van der Waals surface area contributed by atoms with E-state index >= 15 is 0 Å². The lowest BCUT2D eigenvalue weighted by Crippen LogP contribution is -2.38. The van der Waals surface area contributed by atoms with E-state index in [4.69, 9.17) is 11.6 Å². The van der Waals surface area contributed by atoms with Crippen molar-refractivity contribution in [2.75, 3.05) is 37.8 Å². The van der Waals surface area contributed by atoms with Crippen LogP contribution in [0.4, 0.5) is 0 Å². The number of halogens is 1. The highest BCUT2D eigenvalue weighted by Gasteiger charge is 2.25. The minimum absolute atomic E-state index is 0.0926. The maximum absolute atomic E-state index is 12.0. The molecule has 0 spiro atoms. The maximum atomic E-state index is 12.0. The summed E-state index contributed by atoms with van der Waals surface area (Å²) >= 11 is 5.53. The lowest BCUT2D eigenvalue weighted by atomic mass is 10.3. The molecule has 1 amide bonds. The molecule has 0 aliphatic carbocycles. The average molecular weight is 297 g/mol. The van der Waals surface area contributed by atoms with Gasteiger partial charge in [0.05, 0.1) is 5.75 Å². The highest BCUT2D eigenvalue weighted by Crippen LogP contribution is 2.10. The topological polar surface area (TPSA) is 57.7 Å². The van der Waals surface area contributed by atoms with E-state index in [2.05, 4.69) is 0 Å². The number of hydrogen-bond acceptors (Lipinski definition) is 3. The molecule has 0 radical (unpaired) electrons. The molecule has 0 aromatic carbocycles. The summed E-state index contributed by atoms with van der Waals surface area (Å²) < 4.78 is 25.5. The summed E-state index contributed by atoms with van der Waals surface area (Å²) in [6.45, 7) is 3.86. The summed E-state index contributed by atoms with van der Waals surface area (Å²) in [7, 11) is -3.21. The fraction of sp³-hybridized carbons (Fsp3) is 0.909. The first-order valence-corrected chi connectivity index (χ1v) is 8.47. The Hall–Kier alpha value is -0.330. The summed E-state index contributed by atoms with van der Waals surface area (Å²) in [5.41, 5.74) is 0. The van der Waals surface area contributed by atoms with Gasteiger partial charge in [0.25, 0.3) is 0 Å². The number of amides is 1. The van der Waals surface area contributed by atoms with Crippen LogP contribution >= 0.6 is 11.6 Å². The molecule has 106 valence electrons. The zero-order chi connectivity index (χ0) is 13.6. The van der Waals surface area contributed by atoms with Crippen molar-refractivity contribution in [3.05, 3.63) is 0 Å². The molecule has 0 N–H and O–H groups in total. The van der Waals surface area contributed by atoms with Crippen LogP contribution in [0.15, 0.2) is 0 Å². The van der Waals surface area contributed by atoms with Crippen LogP contribution in [0.25, 0.3) is 0 Å². The van der Waals surface area contributed by atoms with Gasteiger partial charge in [-0.05, 0) is 12.8 Å². The Bertz CT molecular complexity index is 372. The van der Waals surface area contributed by atoms with E-state index in [1.165, 1.54) is 4.31 Å². The maximum Gasteiger partial charge on any atom is 0.222 e. The van der Waals surface area contributed by atoms with Crippen molar-refractivity contribution in [1.82, 2.24) is 9.21 Å². The summed E-state index contributed by atoms with van der Waals surface area (Å²) in [4.78, 5) is 13.3. The number of carbonyl (C=O) groups excluding carboxylic acids is 1. The first-order chi connectivity index (χ1) is 8.51. The molecule has 1 fully saturated rings. The zero-order valence-electron chi connectivity index (χ0n) is 10.8. The molecule has 0 unspecified atom stereocenters. The predicted molar refractivity (Wildman–Crippen MR) is 72.2 cm³/mol. The molecule has 0 aromatic heterocycles. The third kappa shape index (κ3) is 4.40. The van der Waals surface area contributed by atoms with Gasteiger partial charge in [-0.25, -0.2) is 12.7 Å². The summed E-state index contributed by atoms with van der Waals surface area (Å²) in [5, 5.41) is 0. The van der Waals surface area contributed by atoms with E-state index in [-0.39, 0.29) is 11.7 Å². The predicted octanol–water partition coefficient (Wildman–Crippen LogP) is 0.889. The van der Waals surface area contributed by atoms with E-state index in [1.807, 2.05) is 6.92 Å². The number of rotatable bonds is 5. The molecular weight excluding hydrogens is 276 g/mol. The molecule has 0 atom stereocenters. The Morgan fingerprint density at radius 3 is 2.56 bits per heavy atom. The van der Waals surface area contributed by atoms with Crippen molar-refractivity contribution in [1.29, 1.82) is 0 Å². The molecule has 7 heteroatoms. The van der Waals surface area contributed by atoms with E-state index < -0.39 is 10.0 Å². The van der Waals surface area contributed by atoms with Crippen molar-refractivity contribution in [2.45, 2.75) is 26.2 Å². The Kier molecular flexibility index (Phi) is 6.38. The zero-order valence-corrected chi connectivity index (χ0v) is 12.3. The molecule has 0 saturated carbocycles. The average Bonchev–Trinajstić information content (AvgIpc) is 2.61. The van der Waals surface area contributed by atoms with Crippen LogP contribution in [0.3, 0.4) is 0 Å². The van der Waals surface area contributed by atoms with Gasteiger partial charge >= 0.3 is 0 Å². The van der Waals surface area contributed by atoms with Crippen LogP contribution in [0.5, 0.6) is 0 Å². The minimum Gasteiger partial charge on any atom is -0.341 e. The quantitative estimate of drug-likeness (QED) is 0.708. The molecule has 1 aliphatic heterocycles. The fourth-order valence-corrected chi connectivity index (χ4v) is 3.84. The Balaban J connectivity index is 2.58. The van der Waals surface area contributed by atoms with E-state index in [0.717, 1.165) is 0 Å². The van der Waals surface area contributed by atoms with Crippen molar-refractivity contribution >= 4 is 27.5 Å². The molecule has 1 rings (SSSR count). The number of alkyl halides is 1. The van der Waals surface area contributed by atoms with E-state index in [0.29, 0.717) is 51.3 Å². The summed E-state index contributed by atoms with van der Waals surface area (Å²) in [5.74, 6) is 0.543. The largest absolute Gasteiger partial charge is 0.341 e. The fourth-order valence-electron chi connectivity index (χ4n) is 2.01. The third-order valence-electron chi connectivity index (χ3n) is 3.04. The highest BCUT2D eigenvalue weighted by molar-refractivity contribution is 7.89. The summed E-state index contributed by atoms with van der Waals surface area (Å²) in [6, 6.07) is 0. The van der Waals surface area contributed by atoms with Gasteiger partial charge in [0, 0.05) is 38.5 Å². The van der Waals surface area contributed by atoms with Gasteiger partial charge in [-0.3, -0.25) is 4.79 Å². The summed E-state index contributed by atoms with van der Waals surface area (Å²) in [6.07, 6.45) is 1.64. The molecule has 0 bridgehead atoms. The standard InChI is InChI=1S/C11H21ClN2O3S/c1-2-11(15)13-6-4-7-14(9-8-13)18(16,17)10-3-5-12/h2-10H2,1H3. The molecule has 1 saturated heterocycles. The SMILES string of the molecule is CCC(=O)N1CCCN(S(=O)(=O)CCCCl)CC1. The van der Waals surface area contributed by atoms with Gasteiger partial charge in [-0.1, -0.05) is 6.92 Å². The van der Waals surface area contributed by atoms with Gasteiger partial charge < -0.3 is 4.90 Å². The van der Waals surface area contributed by atoms with Gasteiger partial charge in [-0.2, -0.15) is 0 Å². The number of nitrogens with zero attached hydrogens (tertiary/aromatic N) is 2. The van der Waals surface area contributed by atoms with Crippen LogP contribution < -0.4 is 0 Å². The van der Waals surface area contributed by atoms with Gasteiger partial charge in [-0.15, -0.1) is 11.6 Å². The lowest BCUT2D eigenvalue weighted by molar-refractivity contribution is -0.130. The molecule has 5 nitrogen and oxygen atoms in total. The van der Waals surface area contributed by atoms with E-state index in [9.17, 15) is 13.2 Å². The number of hydrogen-bond donors (Lipinski definition) is 0. The van der Waals surface area contributed by atoms with Crippen LogP contribution in [-0.2, 0) is 14.8 Å². The van der Waals surface area contributed by atoms with Crippen LogP contribution in [-0.4, -0.2) is 61.3 Å². The Labute approximate surface area is 114 Å². The van der Waals surface area contributed by atoms with Crippen molar-refractivity contribution in [3.63, 3.8) is 0 Å². The number of carbonyl (C=O) groups is 1. The third-order valence-corrected chi connectivity index (χ3v) is 5.26. The van der Waals surface area contributed by atoms with E-state index in [1.54, 1.807) is 4.90 Å². The Morgan fingerprint density at radius 1 is 1.22 bits per heavy atom. The first-order valence-electron chi connectivity index (χ1n) is 6.33. The second-order valence-corrected chi connectivity index (χ2v) is 6.81. The normalized spacial score (nSPS) is 18.7. The van der Waals surface area contributed by atoms with Crippen LogP contribution in [0.2, 0.25) is 0 Å². The molecule has 0 aromatic rings. The smallest absolute Gasteiger partial charge is 0.222 e. The number of sulfonamides is 1. The minimum atomic E-state index is -3.21. The highest BCUT2D eigenvalue weighted by atomic mass is 35.5. The lowest BCUT2D eigenvalue weighted by Gasteiger charge is -2.21. The van der Waals surface area contributed by atoms with Crippen molar-refractivity contribution in [2.24, 2.45) is 0 Å². The molecule has 18 heavy (non-hydrogen) atoms. The second kappa shape index (κ2) is 7.31. The van der Waals surface area contributed by atoms with Crippen molar-refractivity contribution < 1.29 is 13.2 Å². The second-order valence-electron chi connectivity index (χ2n) is 4.35. The van der Waals surface area contributed by atoms with Gasteiger partial charge in [0.15, 0.2) is 0 Å². The van der Waals surface area contributed by atoms with Crippen LogP contribution in [0.1, 0.15) is 26.2 Å². The first kappa shape index (κ1) is 15.7.